The average Bonchev–Trinajstić information content (AvgIpc) is 2.12. The molecule has 0 fully saturated rings. The molecule has 4 nitrogen and oxygen atoms in total. The number of nitrogens with two attached hydrogens (primary N) is 1. The van der Waals surface area contributed by atoms with Gasteiger partial charge in [-0.25, -0.2) is 9.18 Å². The minimum absolute atomic E-state index is 0.0771. The van der Waals surface area contributed by atoms with Crippen LogP contribution in [-0.4, -0.2) is 18.2 Å². The third kappa shape index (κ3) is 1.69. The zero-order valence-electron chi connectivity index (χ0n) is 6.87. The van der Waals surface area contributed by atoms with Crippen molar-refractivity contribution in [3.8, 4) is 5.75 Å². The Morgan fingerprint density at radius 1 is 1.62 bits per heavy atom. The molecule has 1 aromatic rings. The van der Waals surface area contributed by atoms with Crippen LogP contribution in [-0.2, 0) is 4.74 Å². The molecule has 0 heterocycles. The fourth-order valence-electron chi connectivity index (χ4n) is 0.839. The summed E-state index contributed by atoms with van der Waals surface area (Å²) in [7, 11) is 1.16. The van der Waals surface area contributed by atoms with Gasteiger partial charge < -0.3 is 15.6 Å². The lowest BCUT2D eigenvalue weighted by Gasteiger charge is -2.03. The van der Waals surface area contributed by atoms with E-state index in [0.717, 1.165) is 19.2 Å². The van der Waals surface area contributed by atoms with Gasteiger partial charge in [0, 0.05) is 0 Å². The third-order valence-electron chi connectivity index (χ3n) is 1.53. The predicted molar refractivity (Wildman–Crippen MR) is 43.8 cm³/mol. The molecule has 0 atom stereocenters. The highest BCUT2D eigenvalue weighted by Crippen LogP contribution is 2.24. The van der Waals surface area contributed by atoms with Gasteiger partial charge in [-0.3, -0.25) is 0 Å². The number of benzene rings is 1. The summed E-state index contributed by atoms with van der Waals surface area (Å²) in [6.07, 6.45) is 0. The maximum Gasteiger partial charge on any atom is 0.338 e. The Hall–Kier alpha value is -1.78. The summed E-state index contributed by atoms with van der Waals surface area (Å²) in [5.41, 5.74) is 4.66. The lowest BCUT2D eigenvalue weighted by atomic mass is 10.2. The number of hydrogen-bond donors (Lipinski definition) is 2. The van der Waals surface area contributed by atoms with Gasteiger partial charge >= 0.3 is 5.97 Å². The van der Waals surface area contributed by atoms with Gasteiger partial charge in [0.15, 0.2) is 5.82 Å². The normalized spacial score (nSPS) is 9.69. The van der Waals surface area contributed by atoms with E-state index in [1.807, 2.05) is 0 Å². The van der Waals surface area contributed by atoms with Crippen LogP contribution < -0.4 is 5.73 Å². The SMILES string of the molecule is COC(=O)c1cc(O)c(N)c(F)c1. The van der Waals surface area contributed by atoms with Gasteiger partial charge in [0.1, 0.15) is 11.4 Å². The van der Waals surface area contributed by atoms with E-state index in [2.05, 4.69) is 4.74 Å². The van der Waals surface area contributed by atoms with Crippen LogP contribution in [0, 0.1) is 5.82 Å². The van der Waals surface area contributed by atoms with Crippen molar-refractivity contribution in [1.29, 1.82) is 0 Å². The van der Waals surface area contributed by atoms with E-state index in [4.69, 9.17) is 10.8 Å². The summed E-state index contributed by atoms with van der Waals surface area (Å²) >= 11 is 0. The smallest absolute Gasteiger partial charge is 0.338 e. The van der Waals surface area contributed by atoms with Gasteiger partial charge in [-0.2, -0.15) is 0 Å². The van der Waals surface area contributed by atoms with Gasteiger partial charge in [-0.15, -0.1) is 0 Å². The number of halogens is 1. The highest BCUT2D eigenvalue weighted by Gasteiger charge is 2.12. The van der Waals surface area contributed by atoms with Crippen LogP contribution >= 0.6 is 0 Å². The molecule has 0 aromatic heterocycles. The molecular formula is C8H8FNO3. The highest BCUT2D eigenvalue weighted by atomic mass is 19.1. The van der Waals surface area contributed by atoms with Crippen molar-refractivity contribution in [2.45, 2.75) is 0 Å². The predicted octanol–water partition coefficient (Wildman–Crippen LogP) is 0.900. The number of aromatic hydroxyl groups is 1. The van der Waals surface area contributed by atoms with E-state index < -0.39 is 17.5 Å². The molecule has 0 bridgehead atoms. The maximum atomic E-state index is 12.8. The Bertz CT molecular complexity index is 328. The van der Waals surface area contributed by atoms with Crippen LogP contribution in [0.25, 0.3) is 0 Å². The van der Waals surface area contributed by atoms with Gasteiger partial charge in [0.05, 0.1) is 12.7 Å². The zero-order valence-corrected chi connectivity index (χ0v) is 6.87. The summed E-state index contributed by atoms with van der Waals surface area (Å²) in [6, 6.07) is 1.95. The number of rotatable bonds is 1. The molecule has 0 aliphatic heterocycles. The number of esters is 1. The molecule has 3 N–H and O–H groups in total. The molecule has 0 amide bonds. The number of nitrogen functional groups attached to an aromatic ring is 1. The highest BCUT2D eigenvalue weighted by molar-refractivity contribution is 5.90. The van der Waals surface area contributed by atoms with E-state index in [0.29, 0.717) is 0 Å². The van der Waals surface area contributed by atoms with Crippen LogP contribution in [0.3, 0.4) is 0 Å². The van der Waals surface area contributed by atoms with Crippen molar-refractivity contribution in [1.82, 2.24) is 0 Å². The Morgan fingerprint density at radius 2 is 2.23 bits per heavy atom. The zero-order chi connectivity index (χ0) is 10.0. The fraction of sp³-hybridized carbons (Fsp3) is 0.125. The Labute approximate surface area is 73.7 Å². The Morgan fingerprint density at radius 3 is 2.69 bits per heavy atom. The first-order valence-corrected chi connectivity index (χ1v) is 3.42. The van der Waals surface area contributed by atoms with Gasteiger partial charge in [0.2, 0.25) is 0 Å². The van der Waals surface area contributed by atoms with E-state index in [1.165, 1.54) is 0 Å². The Kier molecular flexibility index (Phi) is 2.36. The molecule has 70 valence electrons. The molecule has 0 radical (unpaired) electrons. The first-order valence-electron chi connectivity index (χ1n) is 3.42. The van der Waals surface area contributed by atoms with Gasteiger partial charge in [-0.1, -0.05) is 0 Å². The fourth-order valence-corrected chi connectivity index (χ4v) is 0.839. The van der Waals surface area contributed by atoms with Crippen LogP contribution in [0.5, 0.6) is 5.75 Å². The molecule has 13 heavy (non-hydrogen) atoms. The monoisotopic (exact) mass is 185 g/mol. The van der Waals surface area contributed by atoms with Crippen LogP contribution in [0.2, 0.25) is 0 Å². The van der Waals surface area contributed by atoms with Gasteiger partial charge in [0.25, 0.3) is 0 Å². The standard InChI is InChI=1S/C8H8FNO3/c1-13-8(12)4-2-5(9)7(10)6(11)3-4/h2-3,11H,10H2,1H3. The topological polar surface area (TPSA) is 72.5 Å². The number of methoxy groups -OCH3 is 1. The second-order valence-corrected chi connectivity index (χ2v) is 2.38. The molecular weight excluding hydrogens is 177 g/mol. The molecule has 0 aliphatic carbocycles. The molecule has 5 heteroatoms. The van der Waals surface area contributed by atoms with Crippen molar-refractivity contribution in [3.63, 3.8) is 0 Å². The number of ether oxygens (including phenoxy) is 1. The van der Waals surface area contributed by atoms with Crippen LogP contribution in [0.1, 0.15) is 10.4 Å². The van der Waals surface area contributed by atoms with Crippen molar-refractivity contribution in [2.24, 2.45) is 0 Å². The largest absolute Gasteiger partial charge is 0.506 e. The lowest BCUT2D eigenvalue weighted by Crippen LogP contribution is -2.03. The molecule has 1 aromatic carbocycles. The van der Waals surface area contributed by atoms with Crippen molar-refractivity contribution < 1.29 is 19.0 Å². The number of anilines is 1. The van der Waals surface area contributed by atoms with E-state index in [9.17, 15) is 9.18 Å². The first kappa shape index (κ1) is 9.31. The summed E-state index contributed by atoms with van der Waals surface area (Å²) in [5, 5.41) is 9.05. The summed E-state index contributed by atoms with van der Waals surface area (Å²) in [5.74, 6) is -2.05. The minimum Gasteiger partial charge on any atom is -0.506 e. The quantitative estimate of drug-likeness (QED) is 0.387. The van der Waals surface area contributed by atoms with Crippen LogP contribution in [0.4, 0.5) is 10.1 Å². The number of carbonyl (C=O) groups excluding carboxylic acids is 1. The maximum absolute atomic E-state index is 12.8. The first-order chi connectivity index (χ1) is 6.06. The van der Waals surface area contributed by atoms with Gasteiger partial charge in [-0.05, 0) is 12.1 Å². The molecule has 0 unspecified atom stereocenters. The molecule has 0 spiro atoms. The molecule has 0 aliphatic rings. The van der Waals surface area contributed by atoms with E-state index in [-0.39, 0.29) is 11.3 Å². The molecule has 0 saturated heterocycles. The number of phenols is 1. The van der Waals surface area contributed by atoms with Crippen molar-refractivity contribution >= 4 is 11.7 Å². The van der Waals surface area contributed by atoms with Crippen molar-refractivity contribution in [2.75, 3.05) is 12.8 Å². The third-order valence-corrected chi connectivity index (χ3v) is 1.53. The Balaban J connectivity index is 3.20. The van der Waals surface area contributed by atoms with Crippen molar-refractivity contribution in [3.05, 3.63) is 23.5 Å². The summed E-state index contributed by atoms with van der Waals surface area (Å²) in [4.78, 5) is 10.9. The second-order valence-electron chi connectivity index (χ2n) is 2.38. The number of phenolic OH excluding ortho intramolecular Hbond substituents is 1. The molecule has 0 saturated carbocycles. The average molecular weight is 185 g/mol. The lowest BCUT2D eigenvalue weighted by molar-refractivity contribution is 0.0600. The van der Waals surface area contributed by atoms with Crippen LogP contribution in [0.15, 0.2) is 12.1 Å². The molecule has 1 rings (SSSR count). The number of hydrogen-bond acceptors (Lipinski definition) is 4. The van der Waals surface area contributed by atoms with E-state index >= 15 is 0 Å². The summed E-state index contributed by atoms with van der Waals surface area (Å²) < 4.78 is 17.2. The minimum atomic E-state index is -0.847. The number of carbonyl (C=O) groups is 1. The second kappa shape index (κ2) is 3.30. The summed E-state index contributed by atoms with van der Waals surface area (Å²) in [6.45, 7) is 0. The van der Waals surface area contributed by atoms with E-state index in [1.54, 1.807) is 0 Å².